The molecule has 1 rings (SSSR count). The largest absolute Gasteiger partial charge is 0.394 e. The summed E-state index contributed by atoms with van der Waals surface area (Å²) in [7, 11) is 1.68. The number of aliphatic hydroxyl groups is 1. The predicted molar refractivity (Wildman–Crippen MR) is 65.3 cm³/mol. The molecular weight excluding hydrogens is 202 g/mol. The highest BCUT2D eigenvalue weighted by Crippen LogP contribution is 2.19. The molecular formula is C13H21NO2. The van der Waals surface area contributed by atoms with Gasteiger partial charge in [0, 0.05) is 13.2 Å². The van der Waals surface area contributed by atoms with Gasteiger partial charge in [-0.15, -0.1) is 0 Å². The van der Waals surface area contributed by atoms with E-state index in [1.165, 1.54) is 0 Å². The number of hydrogen-bond donors (Lipinski definition) is 2. The third-order valence-electron chi connectivity index (χ3n) is 2.45. The Morgan fingerprint density at radius 1 is 1.31 bits per heavy atom. The Balaban J connectivity index is 2.89. The van der Waals surface area contributed by atoms with Gasteiger partial charge in [0.1, 0.15) is 0 Å². The minimum Gasteiger partial charge on any atom is -0.394 e. The Labute approximate surface area is 97.4 Å². The number of benzene rings is 1. The van der Waals surface area contributed by atoms with E-state index < -0.39 is 0 Å². The van der Waals surface area contributed by atoms with Gasteiger partial charge < -0.3 is 15.2 Å². The summed E-state index contributed by atoms with van der Waals surface area (Å²) in [4.78, 5) is 0. The predicted octanol–water partition coefficient (Wildman–Crippen LogP) is 1.86. The molecule has 0 bridgehead atoms. The molecule has 0 heterocycles. The van der Waals surface area contributed by atoms with Crippen molar-refractivity contribution in [2.24, 2.45) is 0 Å². The van der Waals surface area contributed by atoms with E-state index in [4.69, 9.17) is 4.74 Å². The fourth-order valence-corrected chi connectivity index (χ4v) is 1.80. The maximum absolute atomic E-state index is 9.42. The van der Waals surface area contributed by atoms with Crippen LogP contribution in [0.15, 0.2) is 24.3 Å². The smallest absolute Gasteiger partial charge is 0.0716 e. The van der Waals surface area contributed by atoms with E-state index >= 15 is 0 Å². The normalized spacial score (nSPS) is 13.1. The minimum absolute atomic E-state index is 0.0219. The van der Waals surface area contributed by atoms with Crippen LogP contribution in [0.5, 0.6) is 0 Å². The average Bonchev–Trinajstić information content (AvgIpc) is 2.27. The highest BCUT2D eigenvalue weighted by Gasteiger charge is 2.14. The van der Waals surface area contributed by atoms with Crippen LogP contribution in [0.2, 0.25) is 0 Å². The quantitative estimate of drug-likeness (QED) is 0.773. The third-order valence-corrected chi connectivity index (χ3v) is 2.45. The van der Waals surface area contributed by atoms with Crippen LogP contribution in [0.4, 0.5) is 0 Å². The van der Waals surface area contributed by atoms with Crippen LogP contribution >= 0.6 is 0 Å². The zero-order valence-corrected chi connectivity index (χ0v) is 10.2. The molecule has 0 aliphatic heterocycles. The monoisotopic (exact) mass is 223 g/mol. The molecule has 3 heteroatoms. The molecule has 1 aromatic carbocycles. The fraction of sp³-hybridized carbons (Fsp3) is 0.538. The lowest BCUT2D eigenvalue weighted by Gasteiger charge is -2.22. The Hall–Kier alpha value is -0.900. The molecule has 0 radical (unpaired) electrons. The van der Waals surface area contributed by atoms with Crippen LogP contribution in [0.25, 0.3) is 0 Å². The van der Waals surface area contributed by atoms with Crippen molar-refractivity contribution in [3.8, 4) is 0 Å². The van der Waals surface area contributed by atoms with Gasteiger partial charge in [0.05, 0.1) is 19.3 Å². The van der Waals surface area contributed by atoms with Crippen molar-refractivity contribution in [2.75, 3.05) is 13.7 Å². The van der Waals surface area contributed by atoms with E-state index in [1.54, 1.807) is 7.11 Å². The first-order chi connectivity index (χ1) is 7.69. The first-order valence-corrected chi connectivity index (χ1v) is 5.62. The van der Waals surface area contributed by atoms with Crippen molar-refractivity contribution in [3.63, 3.8) is 0 Å². The van der Waals surface area contributed by atoms with Gasteiger partial charge in [-0.05, 0) is 11.1 Å². The topological polar surface area (TPSA) is 41.5 Å². The standard InChI is InChI=1S/C13H21NO2/c1-10(2)14-13(8-15)12-7-5-4-6-11(12)9-16-3/h4-7,10,13-15H,8-9H2,1-3H3. The van der Waals surface area contributed by atoms with E-state index in [0.717, 1.165) is 11.1 Å². The van der Waals surface area contributed by atoms with Gasteiger partial charge >= 0.3 is 0 Å². The Kier molecular flexibility index (Phi) is 5.46. The van der Waals surface area contributed by atoms with Crippen LogP contribution in [-0.4, -0.2) is 24.9 Å². The molecule has 90 valence electrons. The SMILES string of the molecule is COCc1ccccc1C(CO)NC(C)C. The highest BCUT2D eigenvalue weighted by atomic mass is 16.5. The van der Waals surface area contributed by atoms with Crippen molar-refractivity contribution < 1.29 is 9.84 Å². The summed E-state index contributed by atoms with van der Waals surface area (Å²) in [6.07, 6.45) is 0. The van der Waals surface area contributed by atoms with E-state index in [2.05, 4.69) is 19.2 Å². The van der Waals surface area contributed by atoms with E-state index in [1.807, 2.05) is 24.3 Å². The molecule has 1 aromatic rings. The minimum atomic E-state index is -0.0219. The summed E-state index contributed by atoms with van der Waals surface area (Å²) >= 11 is 0. The molecule has 0 fully saturated rings. The first kappa shape index (κ1) is 13.2. The van der Waals surface area contributed by atoms with Crippen LogP contribution in [-0.2, 0) is 11.3 Å². The average molecular weight is 223 g/mol. The van der Waals surface area contributed by atoms with Gasteiger partial charge in [-0.1, -0.05) is 38.1 Å². The van der Waals surface area contributed by atoms with E-state index in [9.17, 15) is 5.11 Å². The summed E-state index contributed by atoms with van der Waals surface area (Å²) < 4.78 is 5.16. The molecule has 0 aliphatic rings. The number of aliphatic hydroxyl groups excluding tert-OH is 1. The molecule has 0 saturated carbocycles. The van der Waals surface area contributed by atoms with Gasteiger partial charge in [-0.3, -0.25) is 0 Å². The van der Waals surface area contributed by atoms with Gasteiger partial charge in [0.2, 0.25) is 0 Å². The molecule has 0 spiro atoms. The van der Waals surface area contributed by atoms with Gasteiger partial charge in [0.15, 0.2) is 0 Å². The number of methoxy groups -OCH3 is 1. The van der Waals surface area contributed by atoms with E-state index in [-0.39, 0.29) is 12.6 Å². The Morgan fingerprint density at radius 2 is 2.00 bits per heavy atom. The lowest BCUT2D eigenvalue weighted by Crippen LogP contribution is -2.31. The van der Waals surface area contributed by atoms with Gasteiger partial charge in [-0.25, -0.2) is 0 Å². The number of ether oxygens (including phenoxy) is 1. The molecule has 0 aromatic heterocycles. The third kappa shape index (κ3) is 3.59. The summed E-state index contributed by atoms with van der Waals surface area (Å²) in [5.74, 6) is 0. The van der Waals surface area contributed by atoms with Crippen LogP contribution in [0.1, 0.15) is 31.0 Å². The second-order valence-corrected chi connectivity index (χ2v) is 4.19. The number of nitrogens with one attached hydrogen (secondary N) is 1. The molecule has 0 amide bonds. The molecule has 16 heavy (non-hydrogen) atoms. The van der Waals surface area contributed by atoms with E-state index in [0.29, 0.717) is 12.6 Å². The highest BCUT2D eigenvalue weighted by molar-refractivity contribution is 5.29. The molecule has 0 aliphatic carbocycles. The Bertz CT molecular complexity index is 313. The molecule has 3 nitrogen and oxygen atoms in total. The summed E-state index contributed by atoms with van der Waals surface area (Å²) in [5, 5.41) is 12.8. The van der Waals surface area contributed by atoms with Crippen molar-refractivity contribution >= 4 is 0 Å². The number of hydrogen-bond acceptors (Lipinski definition) is 3. The van der Waals surface area contributed by atoms with Crippen molar-refractivity contribution in [1.29, 1.82) is 0 Å². The van der Waals surface area contributed by atoms with Crippen LogP contribution in [0, 0.1) is 0 Å². The maximum atomic E-state index is 9.42. The van der Waals surface area contributed by atoms with Crippen molar-refractivity contribution in [2.45, 2.75) is 32.5 Å². The lowest BCUT2D eigenvalue weighted by atomic mass is 10.0. The molecule has 0 saturated heterocycles. The molecule has 2 N–H and O–H groups in total. The van der Waals surface area contributed by atoms with Gasteiger partial charge in [0.25, 0.3) is 0 Å². The Morgan fingerprint density at radius 3 is 2.56 bits per heavy atom. The lowest BCUT2D eigenvalue weighted by molar-refractivity contribution is 0.181. The zero-order chi connectivity index (χ0) is 12.0. The van der Waals surface area contributed by atoms with Gasteiger partial charge in [-0.2, -0.15) is 0 Å². The fourth-order valence-electron chi connectivity index (χ4n) is 1.80. The maximum Gasteiger partial charge on any atom is 0.0716 e. The van der Waals surface area contributed by atoms with Crippen LogP contribution in [0.3, 0.4) is 0 Å². The first-order valence-electron chi connectivity index (χ1n) is 5.62. The second-order valence-electron chi connectivity index (χ2n) is 4.19. The zero-order valence-electron chi connectivity index (χ0n) is 10.2. The summed E-state index contributed by atoms with van der Waals surface area (Å²) in [6, 6.07) is 8.36. The van der Waals surface area contributed by atoms with Crippen LogP contribution < -0.4 is 5.32 Å². The molecule has 1 unspecified atom stereocenters. The van der Waals surface area contributed by atoms with Crippen molar-refractivity contribution in [3.05, 3.63) is 35.4 Å². The molecule has 1 atom stereocenters. The van der Waals surface area contributed by atoms with Crippen molar-refractivity contribution in [1.82, 2.24) is 5.32 Å². The summed E-state index contributed by atoms with van der Waals surface area (Å²) in [5.41, 5.74) is 2.23. The number of rotatable bonds is 6. The summed E-state index contributed by atoms with van der Waals surface area (Å²) in [6.45, 7) is 4.81. The second kappa shape index (κ2) is 6.63.